The van der Waals surface area contributed by atoms with Crippen LogP contribution in [0.3, 0.4) is 0 Å². The molecule has 84 valence electrons. The van der Waals surface area contributed by atoms with E-state index in [-0.39, 0.29) is 7.43 Å². The van der Waals surface area contributed by atoms with Crippen LogP contribution >= 0.6 is 0 Å². The molecule has 0 spiro atoms. The van der Waals surface area contributed by atoms with E-state index in [1.165, 1.54) is 25.8 Å². The van der Waals surface area contributed by atoms with Gasteiger partial charge in [0, 0.05) is 6.04 Å². The molecule has 0 bridgehead atoms. The van der Waals surface area contributed by atoms with Crippen LogP contribution in [-0.2, 0) is 0 Å². The van der Waals surface area contributed by atoms with Gasteiger partial charge in [0.15, 0.2) is 0 Å². The van der Waals surface area contributed by atoms with Crippen LogP contribution in [0.15, 0.2) is 0 Å². The van der Waals surface area contributed by atoms with E-state index >= 15 is 0 Å². The van der Waals surface area contributed by atoms with Gasteiger partial charge in [-0.25, -0.2) is 0 Å². The topological polar surface area (TPSA) is 3.24 Å². The summed E-state index contributed by atoms with van der Waals surface area (Å²) in [5, 5.41) is 0. The van der Waals surface area contributed by atoms with Crippen molar-refractivity contribution in [2.24, 2.45) is 0 Å². The molecule has 0 heterocycles. The van der Waals surface area contributed by atoms with Gasteiger partial charge in [-0.15, -0.1) is 0 Å². The zero-order chi connectivity index (χ0) is 9.98. The first-order valence-electron chi connectivity index (χ1n) is 5.46. The smallest absolute Gasteiger partial charge is 0.00893 e. The third kappa shape index (κ3) is 9.88. The Labute approximate surface area is 86.5 Å². The summed E-state index contributed by atoms with van der Waals surface area (Å²) in [6.45, 7) is 11.9. The highest BCUT2D eigenvalue weighted by atomic mass is 15.1. The van der Waals surface area contributed by atoms with Crippen LogP contribution in [0.2, 0.25) is 0 Å². The van der Waals surface area contributed by atoms with Gasteiger partial charge in [-0.05, 0) is 26.4 Å². The first-order valence-corrected chi connectivity index (χ1v) is 5.46. The minimum Gasteiger partial charge on any atom is -0.304 e. The van der Waals surface area contributed by atoms with Gasteiger partial charge in [-0.1, -0.05) is 48.5 Å². The molecule has 0 aliphatic carbocycles. The second kappa shape index (κ2) is 14.5. The van der Waals surface area contributed by atoms with E-state index in [0.29, 0.717) is 0 Å². The molecule has 1 unspecified atom stereocenters. The minimum absolute atomic E-state index is 0. The van der Waals surface area contributed by atoms with Crippen molar-refractivity contribution in [3.8, 4) is 0 Å². The number of rotatable bonds is 5. The molecular weight excluding hydrogens is 158 g/mol. The molecule has 13 heavy (non-hydrogen) atoms. The quantitative estimate of drug-likeness (QED) is 0.627. The Bertz CT molecular complexity index is 71.5. The second-order valence-corrected chi connectivity index (χ2v) is 2.92. The van der Waals surface area contributed by atoms with Crippen molar-refractivity contribution in [2.75, 3.05) is 13.6 Å². The maximum atomic E-state index is 2.43. The molecule has 0 rings (SSSR count). The number of hydrogen-bond donors (Lipinski definition) is 0. The average Bonchev–Trinajstić information content (AvgIpc) is 2.16. The average molecular weight is 189 g/mol. The molecule has 0 aromatic heterocycles. The summed E-state index contributed by atoms with van der Waals surface area (Å²) in [6, 6.07) is 0.815. The lowest BCUT2D eigenvalue weighted by molar-refractivity contribution is 0.234. The van der Waals surface area contributed by atoms with Crippen molar-refractivity contribution in [3.05, 3.63) is 0 Å². The fraction of sp³-hybridized carbons (Fsp3) is 1.00. The predicted octanol–water partition coefficient (Wildman–Crippen LogP) is 4.18. The van der Waals surface area contributed by atoms with Crippen LogP contribution < -0.4 is 0 Å². The molecule has 0 radical (unpaired) electrons. The Kier molecular flexibility index (Phi) is 20.8. The highest BCUT2D eigenvalue weighted by molar-refractivity contribution is 4.64. The fourth-order valence-electron chi connectivity index (χ4n) is 1.33. The first kappa shape index (κ1) is 18.7. The molecule has 0 aliphatic heterocycles. The van der Waals surface area contributed by atoms with Crippen LogP contribution in [0, 0.1) is 0 Å². The molecule has 0 amide bonds. The highest BCUT2D eigenvalue weighted by Gasteiger charge is 2.08. The first-order chi connectivity index (χ1) is 5.76. The van der Waals surface area contributed by atoms with Gasteiger partial charge in [0.1, 0.15) is 0 Å². The van der Waals surface area contributed by atoms with E-state index in [1.54, 1.807) is 0 Å². The SMILES string of the molecule is C.CC.CCCC(CC)N(C)CC. The summed E-state index contributed by atoms with van der Waals surface area (Å²) in [6.07, 6.45) is 3.95. The highest BCUT2D eigenvalue weighted by Crippen LogP contribution is 2.07. The molecule has 0 N–H and O–H groups in total. The summed E-state index contributed by atoms with van der Waals surface area (Å²) >= 11 is 0. The Morgan fingerprint density at radius 3 is 1.77 bits per heavy atom. The van der Waals surface area contributed by atoms with Gasteiger partial charge >= 0.3 is 0 Å². The summed E-state index contributed by atoms with van der Waals surface area (Å²) in [7, 11) is 2.21. The Morgan fingerprint density at radius 1 is 1.08 bits per heavy atom. The summed E-state index contributed by atoms with van der Waals surface area (Å²) < 4.78 is 0. The predicted molar refractivity (Wildman–Crippen MR) is 65.4 cm³/mol. The van der Waals surface area contributed by atoms with E-state index < -0.39 is 0 Å². The molecule has 0 saturated heterocycles. The van der Waals surface area contributed by atoms with Crippen LogP contribution in [0.1, 0.15) is 61.3 Å². The maximum Gasteiger partial charge on any atom is 0.00893 e. The molecule has 0 aliphatic rings. The normalized spacial score (nSPS) is 11.3. The Hall–Kier alpha value is -0.0400. The lowest BCUT2D eigenvalue weighted by atomic mass is 10.1. The van der Waals surface area contributed by atoms with Crippen molar-refractivity contribution in [3.63, 3.8) is 0 Å². The molecule has 0 aromatic rings. The standard InChI is InChI=1S/C9H21N.C2H6.CH4/c1-5-8-9(6-2)10(4)7-3;1-2;/h9H,5-8H2,1-4H3;1-2H3;1H4. The number of nitrogens with zero attached hydrogens (tertiary/aromatic N) is 1. The van der Waals surface area contributed by atoms with Crippen LogP contribution in [0.25, 0.3) is 0 Å². The van der Waals surface area contributed by atoms with Crippen LogP contribution in [0.5, 0.6) is 0 Å². The van der Waals surface area contributed by atoms with Crippen LogP contribution in [-0.4, -0.2) is 24.5 Å². The zero-order valence-corrected chi connectivity index (χ0v) is 9.85. The maximum absolute atomic E-state index is 2.43. The monoisotopic (exact) mass is 189 g/mol. The Morgan fingerprint density at radius 2 is 1.54 bits per heavy atom. The van der Waals surface area contributed by atoms with E-state index in [1.807, 2.05) is 13.8 Å². The molecule has 1 atom stereocenters. The van der Waals surface area contributed by atoms with E-state index in [0.717, 1.165) is 6.04 Å². The van der Waals surface area contributed by atoms with Crippen LogP contribution in [0.4, 0.5) is 0 Å². The van der Waals surface area contributed by atoms with Crippen molar-refractivity contribution < 1.29 is 0 Å². The molecule has 1 heteroatoms. The van der Waals surface area contributed by atoms with E-state index in [9.17, 15) is 0 Å². The van der Waals surface area contributed by atoms with Gasteiger partial charge in [-0.3, -0.25) is 0 Å². The van der Waals surface area contributed by atoms with Gasteiger partial charge in [0.25, 0.3) is 0 Å². The largest absolute Gasteiger partial charge is 0.304 e. The van der Waals surface area contributed by atoms with Gasteiger partial charge in [0.2, 0.25) is 0 Å². The molecule has 1 nitrogen and oxygen atoms in total. The Balaban J connectivity index is -0.000000309. The fourth-order valence-corrected chi connectivity index (χ4v) is 1.33. The summed E-state index contributed by atoms with van der Waals surface area (Å²) in [5.74, 6) is 0. The summed E-state index contributed by atoms with van der Waals surface area (Å²) in [4.78, 5) is 2.43. The van der Waals surface area contributed by atoms with Gasteiger partial charge in [-0.2, -0.15) is 0 Å². The lowest BCUT2D eigenvalue weighted by Crippen LogP contribution is -2.30. The molecular formula is C12H31N. The van der Waals surface area contributed by atoms with Crippen molar-refractivity contribution in [1.29, 1.82) is 0 Å². The van der Waals surface area contributed by atoms with Crippen molar-refractivity contribution in [2.45, 2.75) is 67.3 Å². The van der Waals surface area contributed by atoms with Gasteiger partial charge < -0.3 is 4.90 Å². The zero-order valence-electron chi connectivity index (χ0n) is 9.85. The second-order valence-electron chi connectivity index (χ2n) is 2.92. The van der Waals surface area contributed by atoms with Crippen molar-refractivity contribution >= 4 is 0 Å². The molecule has 0 fully saturated rings. The minimum atomic E-state index is 0. The van der Waals surface area contributed by atoms with Gasteiger partial charge in [0.05, 0.1) is 0 Å². The summed E-state index contributed by atoms with van der Waals surface area (Å²) in [5.41, 5.74) is 0. The van der Waals surface area contributed by atoms with E-state index in [4.69, 9.17) is 0 Å². The van der Waals surface area contributed by atoms with Crippen molar-refractivity contribution in [1.82, 2.24) is 4.90 Å². The molecule has 0 saturated carbocycles. The third-order valence-electron chi connectivity index (χ3n) is 2.22. The molecule has 0 aromatic carbocycles. The lowest BCUT2D eigenvalue weighted by Gasteiger charge is -2.25. The van der Waals surface area contributed by atoms with E-state index in [2.05, 4.69) is 32.7 Å². The third-order valence-corrected chi connectivity index (χ3v) is 2.22. The number of hydrogen-bond acceptors (Lipinski definition) is 1.